The van der Waals surface area contributed by atoms with Gasteiger partial charge in [-0.3, -0.25) is 9.59 Å². The number of benzene rings is 2. The van der Waals surface area contributed by atoms with Gasteiger partial charge in [0.2, 0.25) is 11.8 Å². The Hall–Kier alpha value is -2.36. The summed E-state index contributed by atoms with van der Waals surface area (Å²) >= 11 is 0. The monoisotopic (exact) mass is 296 g/mol. The first-order valence-electron chi connectivity index (χ1n) is 7.78. The summed E-state index contributed by atoms with van der Waals surface area (Å²) in [6.45, 7) is 0.703. The highest BCUT2D eigenvalue weighted by atomic mass is 16.2. The molecule has 2 aromatic rings. The molecule has 4 nitrogen and oxygen atoms in total. The van der Waals surface area contributed by atoms with E-state index >= 15 is 0 Å². The van der Waals surface area contributed by atoms with Crippen LogP contribution in [0, 0.1) is 0 Å². The lowest BCUT2D eigenvalue weighted by Crippen LogP contribution is -2.45. The molecule has 4 heteroatoms. The highest BCUT2D eigenvalue weighted by molar-refractivity contribution is 5.92. The van der Waals surface area contributed by atoms with Gasteiger partial charge in [-0.2, -0.15) is 0 Å². The van der Waals surface area contributed by atoms with E-state index < -0.39 is 6.04 Å². The Morgan fingerprint density at radius 2 is 1.95 bits per heavy atom. The van der Waals surface area contributed by atoms with Crippen LogP contribution in [0.4, 0.5) is 0 Å². The number of rotatable bonds is 3. The normalized spacial score (nSPS) is 18.5. The van der Waals surface area contributed by atoms with Crippen LogP contribution in [-0.2, 0) is 16.0 Å². The molecule has 1 saturated heterocycles. The number of amides is 2. The average molecular weight is 296 g/mol. The highest BCUT2D eigenvalue weighted by Crippen LogP contribution is 2.19. The van der Waals surface area contributed by atoms with Gasteiger partial charge in [-0.05, 0) is 35.6 Å². The predicted molar refractivity (Wildman–Crippen MR) is 86.4 cm³/mol. The van der Waals surface area contributed by atoms with Crippen LogP contribution in [-0.4, -0.2) is 24.4 Å². The molecule has 2 N–H and O–H groups in total. The van der Waals surface area contributed by atoms with Gasteiger partial charge < -0.3 is 10.6 Å². The number of carbonyl (C=O) groups excluding carboxylic acids is 2. The van der Waals surface area contributed by atoms with Crippen LogP contribution in [0.3, 0.4) is 0 Å². The third-order valence-electron chi connectivity index (χ3n) is 4.10. The Morgan fingerprint density at radius 3 is 2.86 bits per heavy atom. The molecule has 114 valence electrons. The molecule has 0 radical (unpaired) electrons. The molecule has 0 aliphatic carbocycles. The van der Waals surface area contributed by atoms with Gasteiger partial charge in [-0.15, -0.1) is 0 Å². The number of hydrogen-bond acceptors (Lipinski definition) is 2. The minimum atomic E-state index is -0.398. The molecule has 1 fully saturated rings. The van der Waals surface area contributed by atoms with E-state index in [1.54, 1.807) is 0 Å². The Labute approximate surface area is 129 Å². The second-order valence-electron chi connectivity index (χ2n) is 5.72. The zero-order valence-corrected chi connectivity index (χ0v) is 12.5. The van der Waals surface area contributed by atoms with E-state index in [-0.39, 0.29) is 11.8 Å². The smallest absolute Gasteiger partial charge is 0.242 e. The van der Waals surface area contributed by atoms with Crippen molar-refractivity contribution in [3.8, 4) is 0 Å². The van der Waals surface area contributed by atoms with E-state index in [4.69, 9.17) is 0 Å². The first kappa shape index (κ1) is 14.6. The van der Waals surface area contributed by atoms with Crippen molar-refractivity contribution in [3.05, 3.63) is 48.0 Å². The van der Waals surface area contributed by atoms with Crippen LogP contribution in [0.25, 0.3) is 10.8 Å². The van der Waals surface area contributed by atoms with Gasteiger partial charge in [-0.1, -0.05) is 42.5 Å². The lowest BCUT2D eigenvalue weighted by Gasteiger charge is -2.15. The molecule has 2 aromatic carbocycles. The summed E-state index contributed by atoms with van der Waals surface area (Å²) in [6, 6.07) is 13.6. The van der Waals surface area contributed by atoms with Gasteiger partial charge in [0.05, 0.1) is 6.42 Å². The number of fused-ring (bicyclic) bond motifs is 1. The van der Waals surface area contributed by atoms with E-state index in [0.717, 1.165) is 29.2 Å². The maximum absolute atomic E-state index is 12.3. The molecule has 1 heterocycles. The zero-order chi connectivity index (χ0) is 15.4. The van der Waals surface area contributed by atoms with Crippen molar-refractivity contribution < 1.29 is 9.59 Å². The maximum atomic E-state index is 12.3. The predicted octanol–water partition coefficient (Wildman–Crippen LogP) is 2.17. The van der Waals surface area contributed by atoms with Crippen molar-refractivity contribution in [2.75, 3.05) is 6.54 Å². The van der Waals surface area contributed by atoms with Gasteiger partial charge in [-0.25, -0.2) is 0 Å². The summed E-state index contributed by atoms with van der Waals surface area (Å²) in [6.07, 6.45) is 2.94. The first-order chi connectivity index (χ1) is 10.7. The van der Waals surface area contributed by atoms with Crippen molar-refractivity contribution >= 4 is 22.6 Å². The Morgan fingerprint density at radius 1 is 1.14 bits per heavy atom. The van der Waals surface area contributed by atoms with Gasteiger partial charge in [0.1, 0.15) is 6.04 Å². The summed E-state index contributed by atoms with van der Waals surface area (Å²) in [4.78, 5) is 24.2. The molecule has 3 rings (SSSR count). The second-order valence-corrected chi connectivity index (χ2v) is 5.72. The molecule has 0 spiro atoms. The quantitative estimate of drug-likeness (QED) is 0.912. The molecule has 22 heavy (non-hydrogen) atoms. The van der Waals surface area contributed by atoms with E-state index in [0.29, 0.717) is 19.4 Å². The Bertz CT molecular complexity index is 691. The Kier molecular flexibility index (Phi) is 4.37. The second kappa shape index (κ2) is 6.60. The van der Waals surface area contributed by atoms with Gasteiger partial charge in [0.25, 0.3) is 0 Å². The fourth-order valence-corrected chi connectivity index (χ4v) is 2.94. The number of nitrogens with one attached hydrogen (secondary N) is 2. The molecule has 0 bridgehead atoms. The minimum absolute atomic E-state index is 0.0660. The third kappa shape index (κ3) is 3.27. The largest absolute Gasteiger partial charge is 0.354 e. The molecule has 1 atom stereocenters. The molecular formula is C18H20N2O2. The average Bonchev–Trinajstić information content (AvgIpc) is 2.73. The van der Waals surface area contributed by atoms with Crippen molar-refractivity contribution in [2.24, 2.45) is 0 Å². The van der Waals surface area contributed by atoms with E-state index in [9.17, 15) is 9.59 Å². The van der Waals surface area contributed by atoms with Crippen LogP contribution in [0.1, 0.15) is 24.8 Å². The zero-order valence-electron chi connectivity index (χ0n) is 12.5. The van der Waals surface area contributed by atoms with Crippen molar-refractivity contribution in [3.63, 3.8) is 0 Å². The fraction of sp³-hybridized carbons (Fsp3) is 0.333. The maximum Gasteiger partial charge on any atom is 0.242 e. The summed E-state index contributed by atoms with van der Waals surface area (Å²) in [5.41, 5.74) is 0.990. The fourth-order valence-electron chi connectivity index (χ4n) is 2.94. The van der Waals surface area contributed by atoms with E-state index in [2.05, 4.69) is 10.6 Å². The van der Waals surface area contributed by atoms with Gasteiger partial charge in [0.15, 0.2) is 0 Å². The summed E-state index contributed by atoms with van der Waals surface area (Å²) in [5, 5.41) is 7.92. The molecule has 0 unspecified atom stereocenters. The summed E-state index contributed by atoms with van der Waals surface area (Å²) in [7, 11) is 0. The van der Waals surface area contributed by atoms with Crippen LogP contribution in [0.2, 0.25) is 0 Å². The molecule has 2 amide bonds. The molecule has 1 aliphatic heterocycles. The SMILES string of the molecule is O=C(Cc1cccc2ccccc12)N[C@H]1CCCCNC1=O. The lowest BCUT2D eigenvalue weighted by atomic mass is 10.0. The van der Waals surface area contributed by atoms with Gasteiger partial charge >= 0.3 is 0 Å². The molecule has 0 aromatic heterocycles. The first-order valence-corrected chi connectivity index (χ1v) is 7.78. The summed E-state index contributed by atoms with van der Waals surface area (Å²) < 4.78 is 0. The van der Waals surface area contributed by atoms with Crippen LogP contribution in [0.15, 0.2) is 42.5 Å². The van der Waals surface area contributed by atoms with Crippen LogP contribution >= 0.6 is 0 Å². The molecule has 1 aliphatic rings. The van der Waals surface area contributed by atoms with Crippen LogP contribution < -0.4 is 10.6 Å². The van der Waals surface area contributed by atoms with Crippen molar-refractivity contribution in [1.29, 1.82) is 0 Å². The number of carbonyl (C=O) groups is 2. The van der Waals surface area contributed by atoms with Crippen molar-refractivity contribution in [2.45, 2.75) is 31.7 Å². The van der Waals surface area contributed by atoms with E-state index in [1.165, 1.54) is 0 Å². The number of hydrogen-bond donors (Lipinski definition) is 2. The topological polar surface area (TPSA) is 58.2 Å². The molecule has 0 saturated carbocycles. The standard InChI is InChI=1S/C18H20N2O2/c21-17(20-16-10-3-4-11-19-18(16)22)12-14-8-5-7-13-6-1-2-9-15(13)14/h1-2,5-9,16H,3-4,10-12H2,(H,19,22)(H,20,21)/t16-/m0/s1. The molecular weight excluding hydrogens is 276 g/mol. The van der Waals surface area contributed by atoms with Crippen molar-refractivity contribution in [1.82, 2.24) is 10.6 Å². The third-order valence-corrected chi connectivity index (χ3v) is 4.10. The van der Waals surface area contributed by atoms with Crippen LogP contribution in [0.5, 0.6) is 0 Å². The minimum Gasteiger partial charge on any atom is -0.354 e. The van der Waals surface area contributed by atoms with Gasteiger partial charge in [0, 0.05) is 6.54 Å². The highest BCUT2D eigenvalue weighted by Gasteiger charge is 2.22. The summed E-state index contributed by atoms with van der Waals surface area (Å²) in [5.74, 6) is -0.165. The van der Waals surface area contributed by atoms with E-state index in [1.807, 2.05) is 42.5 Å². The lowest BCUT2D eigenvalue weighted by molar-refractivity contribution is -0.128. The Balaban J connectivity index is 1.72.